The summed E-state index contributed by atoms with van der Waals surface area (Å²) in [5, 5.41) is 0. The van der Waals surface area contributed by atoms with Crippen LogP contribution in [0.4, 0.5) is 11.4 Å². The summed E-state index contributed by atoms with van der Waals surface area (Å²) in [7, 11) is 2.22. The lowest BCUT2D eigenvalue weighted by Gasteiger charge is -2.45. The van der Waals surface area contributed by atoms with Crippen molar-refractivity contribution >= 4 is 17.6 Å². The first kappa shape index (κ1) is 19.7. The molecular weight excluding hydrogens is 328 g/mol. The summed E-state index contributed by atoms with van der Waals surface area (Å²) in [5.41, 5.74) is 7.96. The van der Waals surface area contributed by atoms with Crippen LogP contribution in [0.5, 0.6) is 0 Å². The third-order valence-corrected chi connectivity index (χ3v) is 6.13. The number of aliphatic imine (C=N–C) groups is 1. The van der Waals surface area contributed by atoms with E-state index in [9.17, 15) is 0 Å². The first-order valence-electron chi connectivity index (χ1n) is 10.3. The number of benzene rings is 2. The topological polar surface area (TPSA) is 15.6 Å². The van der Waals surface area contributed by atoms with Crippen LogP contribution in [0, 0.1) is 6.92 Å². The highest BCUT2D eigenvalue weighted by Gasteiger charge is 2.34. The number of anilines is 1. The van der Waals surface area contributed by atoms with Gasteiger partial charge in [0.15, 0.2) is 0 Å². The number of hydrogen-bond acceptors (Lipinski definition) is 2. The Labute approximate surface area is 165 Å². The number of hydrogen-bond donors (Lipinski definition) is 0. The second kappa shape index (κ2) is 7.88. The van der Waals surface area contributed by atoms with E-state index in [2.05, 4.69) is 83.0 Å². The Balaban J connectivity index is 1.84. The van der Waals surface area contributed by atoms with E-state index in [1.807, 2.05) is 6.21 Å². The van der Waals surface area contributed by atoms with Gasteiger partial charge in [-0.25, -0.2) is 0 Å². The van der Waals surface area contributed by atoms with Crippen molar-refractivity contribution in [3.63, 3.8) is 0 Å². The maximum Gasteiger partial charge on any atom is 0.0630 e. The third kappa shape index (κ3) is 4.26. The second-order valence-electron chi connectivity index (χ2n) is 8.77. The molecule has 0 N–H and O–H groups in total. The van der Waals surface area contributed by atoms with Crippen molar-refractivity contribution in [3.8, 4) is 0 Å². The predicted octanol–water partition coefficient (Wildman–Crippen LogP) is 6.81. The van der Waals surface area contributed by atoms with Gasteiger partial charge in [-0.1, -0.05) is 32.4 Å². The fourth-order valence-corrected chi connectivity index (χ4v) is 4.15. The van der Waals surface area contributed by atoms with Gasteiger partial charge in [0.2, 0.25) is 0 Å². The quantitative estimate of drug-likeness (QED) is 0.533. The number of aryl methyl sites for hydroxylation is 2. The molecule has 3 rings (SSSR count). The summed E-state index contributed by atoms with van der Waals surface area (Å²) < 4.78 is 0. The molecule has 1 unspecified atom stereocenters. The Kier molecular flexibility index (Phi) is 5.74. The largest absolute Gasteiger partial charge is 0.369 e. The van der Waals surface area contributed by atoms with Crippen LogP contribution < -0.4 is 4.90 Å². The minimum Gasteiger partial charge on any atom is -0.369 e. The molecule has 0 saturated heterocycles. The molecule has 1 atom stereocenters. The highest BCUT2D eigenvalue weighted by Crippen LogP contribution is 2.43. The van der Waals surface area contributed by atoms with Crippen LogP contribution in [0.3, 0.4) is 0 Å². The van der Waals surface area contributed by atoms with Gasteiger partial charge in [0, 0.05) is 24.5 Å². The van der Waals surface area contributed by atoms with Gasteiger partial charge in [0.25, 0.3) is 0 Å². The van der Waals surface area contributed by atoms with Crippen molar-refractivity contribution in [3.05, 3.63) is 58.7 Å². The third-order valence-electron chi connectivity index (χ3n) is 6.13. The van der Waals surface area contributed by atoms with Crippen molar-refractivity contribution in [1.29, 1.82) is 0 Å². The lowest BCUT2D eigenvalue weighted by atomic mass is 9.79. The highest BCUT2D eigenvalue weighted by molar-refractivity contribution is 5.86. The number of nitrogens with zero attached hydrogens (tertiary/aromatic N) is 2. The number of fused-ring (bicyclic) bond motifs is 1. The smallest absolute Gasteiger partial charge is 0.0630 e. The van der Waals surface area contributed by atoms with Crippen LogP contribution in [-0.4, -0.2) is 18.8 Å². The Bertz CT molecular complexity index is 815. The maximum absolute atomic E-state index is 4.74. The summed E-state index contributed by atoms with van der Waals surface area (Å²) in [4.78, 5) is 7.18. The van der Waals surface area contributed by atoms with Crippen LogP contribution >= 0.6 is 0 Å². The first-order valence-corrected chi connectivity index (χ1v) is 10.3. The van der Waals surface area contributed by atoms with Crippen molar-refractivity contribution in [1.82, 2.24) is 0 Å². The lowest BCUT2D eigenvalue weighted by Crippen LogP contribution is -2.45. The molecule has 2 nitrogen and oxygen atoms in total. The maximum atomic E-state index is 4.74. The highest BCUT2D eigenvalue weighted by atomic mass is 15.2. The molecule has 0 saturated carbocycles. The molecule has 0 aliphatic carbocycles. The Morgan fingerprint density at radius 3 is 2.56 bits per heavy atom. The van der Waals surface area contributed by atoms with Gasteiger partial charge < -0.3 is 4.90 Å². The molecule has 2 aromatic carbocycles. The average Bonchev–Trinajstić information content (AvgIpc) is 2.64. The van der Waals surface area contributed by atoms with Crippen molar-refractivity contribution < 1.29 is 0 Å². The molecule has 0 amide bonds. The first-order chi connectivity index (χ1) is 12.8. The fourth-order valence-electron chi connectivity index (χ4n) is 4.15. The summed E-state index contributed by atoms with van der Waals surface area (Å²) in [6.45, 7) is 11.4. The molecule has 1 heterocycles. The van der Waals surface area contributed by atoms with Crippen molar-refractivity contribution in [2.24, 2.45) is 4.99 Å². The normalized spacial score (nSPS) is 18.7. The SMILES string of the molecule is CCCCc1ccc(N=Cc2cc3c(cc2C)N(C)C(C)(C)CC3C)cc1. The van der Waals surface area contributed by atoms with Crippen LogP contribution in [0.1, 0.15) is 75.1 Å². The van der Waals surface area contributed by atoms with Crippen LogP contribution in [0.25, 0.3) is 0 Å². The van der Waals surface area contributed by atoms with E-state index in [0.29, 0.717) is 5.92 Å². The molecule has 2 aromatic rings. The molecule has 27 heavy (non-hydrogen) atoms. The van der Waals surface area contributed by atoms with E-state index in [-0.39, 0.29) is 5.54 Å². The van der Waals surface area contributed by atoms with Gasteiger partial charge in [-0.05, 0) is 92.5 Å². The molecule has 0 aromatic heterocycles. The zero-order valence-electron chi connectivity index (χ0n) is 17.8. The van der Waals surface area contributed by atoms with Crippen LogP contribution in [0.2, 0.25) is 0 Å². The van der Waals surface area contributed by atoms with E-state index in [4.69, 9.17) is 4.99 Å². The monoisotopic (exact) mass is 362 g/mol. The Hall–Kier alpha value is -2.09. The lowest BCUT2D eigenvalue weighted by molar-refractivity contribution is 0.395. The predicted molar refractivity (Wildman–Crippen MR) is 119 cm³/mol. The molecule has 1 aliphatic heterocycles. The van der Waals surface area contributed by atoms with Gasteiger partial charge in [-0.2, -0.15) is 0 Å². The van der Waals surface area contributed by atoms with Gasteiger partial charge in [0.1, 0.15) is 0 Å². The fraction of sp³-hybridized carbons (Fsp3) is 0.480. The van der Waals surface area contributed by atoms with Gasteiger partial charge >= 0.3 is 0 Å². The molecule has 2 heteroatoms. The van der Waals surface area contributed by atoms with E-state index in [1.54, 1.807) is 0 Å². The molecule has 0 radical (unpaired) electrons. The molecule has 1 aliphatic rings. The molecule has 0 spiro atoms. The second-order valence-corrected chi connectivity index (χ2v) is 8.77. The van der Waals surface area contributed by atoms with Gasteiger partial charge in [-0.15, -0.1) is 0 Å². The number of rotatable bonds is 5. The molecule has 144 valence electrons. The molecular formula is C25H34N2. The Morgan fingerprint density at radius 2 is 1.89 bits per heavy atom. The molecule has 0 bridgehead atoms. The molecule has 0 fully saturated rings. The van der Waals surface area contributed by atoms with E-state index < -0.39 is 0 Å². The summed E-state index contributed by atoms with van der Waals surface area (Å²) >= 11 is 0. The van der Waals surface area contributed by atoms with Crippen molar-refractivity contribution in [2.75, 3.05) is 11.9 Å². The van der Waals surface area contributed by atoms with E-state index >= 15 is 0 Å². The van der Waals surface area contributed by atoms with Gasteiger partial charge in [-0.3, -0.25) is 4.99 Å². The van der Waals surface area contributed by atoms with E-state index in [0.717, 1.165) is 12.1 Å². The van der Waals surface area contributed by atoms with Gasteiger partial charge in [0.05, 0.1) is 5.69 Å². The Morgan fingerprint density at radius 1 is 1.19 bits per heavy atom. The number of unbranched alkanes of at least 4 members (excludes halogenated alkanes) is 1. The zero-order valence-corrected chi connectivity index (χ0v) is 17.8. The van der Waals surface area contributed by atoms with Crippen molar-refractivity contribution in [2.45, 2.75) is 71.8 Å². The minimum atomic E-state index is 0.202. The minimum absolute atomic E-state index is 0.202. The average molecular weight is 363 g/mol. The van der Waals surface area contributed by atoms with Crippen LogP contribution in [0.15, 0.2) is 41.4 Å². The van der Waals surface area contributed by atoms with E-state index in [1.165, 1.54) is 47.2 Å². The summed E-state index contributed by atoms with van der Waals surface area (Å²) in [6, 6.07) is 13.4. The summed E-state index contributed by atoms with van der Waals surface area (Å²) in [6.07, 6.45) is 6.85. The zero-order chi connectivity index (χ0) is 19.6. The standard InChI is InChI=1S/C25H34N2/c1-7-8-9-20-10-12-22(13-11-20)26-17-21-15-23-19(3)16-25(4,5)27(6)24(23)14-18(21)2/h10-15,17,19H,7-9,16H2,1-6H3. The summed E-state index contributed by atoms with van der Waals surface area (Å²) in [5.74, 6) is 0.566. The van der Waals surface area contributed by atoms with Crippen LogP contribution in [-0.2, 0) is 6.42 Å².